The van der Waals surface area contributed by atoms with E-state index in [1.54, 1.807) is 12.1 Å². The van der Waals surface area contributed by atoms with E-state index in [9.17, 15) is 16.8 Å². The molecule has 1 fully saturated rings. The van der Waals surface area contributed by atoms with Crippen LogP contribution in [0, 0.1) is 5.92 Å². The predicted octanol–water partition coefficient (Wildman–Crippen LogP) is 2.49. The molecule has 2 aromatic rings. The zero-order chi connectivity index (χ0) is 20.2. The van der Waals surface area contributed by atoms with E-state index in [-0.39, 0.29) is 15.6 Å². The summed E-state index contributed by atoms with van der Waals surface area (Å²) in [5, 5.41) is 5.08. The van der Waals surface area contributed by atoms with Crippen LogP contribution in [0.5, 0.6) is 5.75 Å². The van der Waals surface area contributed by atoms with Crippen molar-refractivity contribution in [2.24, 2.45) is 11.1 Å². The van der Waals surface area contributed by atoms with Crippen molar-refractivity contribution in [2.45, 2.75) is 41.9 Å². The Balaban J connectivity index is 1.79. The third-order valence-corrected chi connectivity index (χ3v) is 6.89. The molecule has 10 heteroatoms. The van der Waals surface area contributed by atoms with Gasteiger partial charge in [0.15, 0.2) is 11.6 Å². The standard InChI is InChI=1S/C18H23N3O5S2/c19-27(22,23)15-8-4-9-16(12-15)28(24,25)21-18-17(10-5-11-20-18)26-13-14-6-2-1-3-7-14/h4-5,8-12,14H,1-3,6-7,13H2,(H,20,21)(H2,19,22,23). The van der Waals surface area contributed by atoms with Gasteiger partial charge in [0.25, 0.3) is 10.0 Å². The summed E-state index contributed by atoms with van der Waals surface area (Å²) < 4.78 is 56.6. The summed E-state index contributed by atoms with van der Waals surface area (Å²) in [4.78, 5) is 3.55. The number of ether oxygens (including phenoxy) is 1. The van der Waals surface area contributed by atoms with Crippen LogP contribution in [-0.2, 0) is 20.0 Å². The van der Waals surface area contributed by atoms with Gasteiger partial charge in [-0.3, -0.25) is 4.72 Å². The highest BCUT2D eigenvalue weighted by molar-refractivity contribution is 7.93. The second-order valence-electron chi connectivity index (χ2n) is 6.79. The maximum atomic E-state index is 12.7. The van der Waals surface area contributed by atoms with Crippen molar-refractivity contribution in [1.82, 2.24) is 4.98 Å². The summed E-state index contributed by atoms with van der Waals surface area (Å²) in [5.41, 5.74) is 0. The van der Waals surface area contributed by atoms with Gasteiger partial charge in [0.05, 0.1) is 16.4 Å². The van der Waals surface area contributed by atoms with Gasteiger partial charge in [0.2, 0.25) is 10.0 Å². The van der Waals surface area contributed by atoms with E-state index in [0.29, 0.717) is 18.3 Å². The fraction of sp³-hybridized carbons (Fsp3) is 0.389. The number of hydrogen-bond acceptors (Lipinski definition) is 6. The fourth-order valence-electron chi connectivity index (χ4n) is 3.15. The number of nitrogens with two attached hydrogens (primary N) is 1. The molecule has 8 nitrogen and oxygen atoms in total. The highest BCUT2D eigenvalue weighted by Crippen LogP contribution is 2.28. The zero-order valence-corrected chi connectivity index (χ0v) is 16.9. The van der Waals surface area contributed by atoms with Crippen LogP contribution in [0.3, 0.4) is 0 Å². The Morgan fingerprint density at radius 2 is 1.75 bits per heavy atom. The van der Waals surface area contributed by atoms with Crippen molar-refractivity contribution in [1.29, 1.82) is 0 Å². The minimum Gasteiger partial charge on any atom is -0.489 e. The first-order chi connectivity index (χ1) is 13.3. The first kappa shape index (κ1) is 20.6. The number of hydrogen-bond donors (Lipinski definition) is 2. The Morgan fingerprint density at radius 1 is 1.04 bits per heavy atom. The second kappa shape index (κ2) is 8.46. The van der Waals surface area contributed by atoms with Gasteiger partial charge < -0.3 is 4.74 Å². The number of sulfonamides is 2. The molecule has 0 amide bonds. The van der Waals surface area contributed by atoms with E-state index in [1.165, 1.54) is 43.7 Å². The molecular weight excluding hydrogens is 402 g/mol. The Hall–Kier alpha value is -2.17. The van der Waals surface area contributed by atoms with Crippen LogP contribution in [-0.4, -0.2) is 28.4 Å². The molecule has 1 aromatic heterocycles. The molecule has 3 rings (SSSR count). The Kier molecular flexibility index (Phi) is 6.21. The van der Waals surface area contributed by atoms with Gasteiger partial charge in [-0.15, -0.1) is 0 Å². The van der Waals surface area contributed by atoms with Gasteiger partial charge in [0, 0.05) is 6.20 Å². The van der Waals surface area contributed by atoms with Gasteiger partial charge in [-0.2, -0.15) is 0 Å². The third-order valence-electron chi connectivity index (χ3n) is 4.65. The van der Waals surface area contributed by atoms with Crippen LogP contribution >= 0.6 is 0 Å². The molecule has 0 radical (unpaired) electrons. The topological polar surface area (TPSA) is 128 Å². The van der Waals surface area contributed by atoms with Crippen LogP contribution in [0.4, 0.5) is 5.82 Å². The van der Waals surface area contributed by atoms with Gasteiger partial charge in [0.1, 0.15) is 0 Å². The molecule has 3 N–H and O–H groups in total. The smallest absolute Gasteiger partial charge is 0.263 e. The molecule has 0 spiro atoms. The van der Waals surface area contributed by atoms with Crippen molar-refractivity contribution in [3.05, 3.63) is 42.6 Å². The van der Waals surface area contributed by atoms with E-state index < -0.39 is 20.0 Å². The maximum absolute atomic E-state index is 12.7. The van der Waals surface area contributed by atoms with Crippen molar-refractivity contribution in [3.8, 4) is 5.75 Å². The molecule has 0 saturated heterocycles. The first-order valence-corrected chi connectivity index (χ1v) is 12.0. The molecule has 1 saturated carbocycles. The Labute approximate surface area is 165 Å². The van der Waals surface area contributed by atoms with Crippen LogP contribution in [0.1, 0.15) is 32.1 Å². The Morgan fingerprint density at radius 3 is 2.46 bits per heavy atom. The van der Waals surface area contributed by atoms with Gasteiger partial charge in [-0.05, 0) is 49.1 Å². The molecule has 0 atom stereocenters. The maximum Gasteiger partial charge on any atom is 0.263 e. The van der Waals surface area contributed by atoms with Crippen molar-refractivity contribution < 1.29 is 21.6 Å². The molecule has 152 valence electrons. The number of anilines is 1. The number of pyridine rings is 1. The van der Waals surface area contributed by atoms with E-state index in [4.69, 9.17) is 9.88 Å². The van der Waals surface area contributed by atoms with E-state index in [1.807, 2.05) is 0 Å². The quantitative estimate of drug-likeness (QED) is 0.701. The molecule has 0 unspecified atom stereocenters. The molecule has 1 heterocycles. The third kappa shape index (κ3) is 5.21. The molecule has 1 aromatic carbocycles. The van der Waals surface area contributed by atoms with E-state index >= 15 is 0 Å². The largest absolute Gasteiger partial charge is 0.489 e. The van der Waals surface area contributed by atoms with E-state index in [0.717, 1.165) is 18.9 Å². The fourth-order valence-corrected chi connectivity index (χ4v) is 4.85. The summed E-state index contributed by atoms with van der Waals surface area (Å²) >= 11 is 0. The summed E-state index contributed by atoms with van der Waals surface area (Å²) in [6, 6.07) is 8.14. The number of nitrogens with one attached hydrogen (secondary N) is 1. The molecule has 1 aliphatic rings. The van der Waals surface area contributed by atoms with Crippen LogP contribution in [0.2, 0.25) is 0 Å². The lowest BCUT2D eigenvalue weighted by molar-refractivity contribution is 0.209. The zero-order valence-electron chi connectivity index (χ0n) is 15.2. The lowest BCUT2D eigenvalue weighted by Crippen LogP contribution is -2.18. The monoisotopic (exact) mass is 425 g/mol. The number of nitrogens with zero attached hydrogens (tertiary/aromatic N) is 1. The molecule has 28 heavy (non-hydrogen) atoms. The predicted molar refractivity (Wildman–Crippen MR) is 105 cm³/mol. The number of aromatic nitrogens is 1. The normalized spacial score (nSPS) is 15.9. The first-order valence-electron chi connectivity index (χ1n) is 8.99. The number of primary sulfonamides is 1. The molecule has 0 bridgehead atoms. The highest BCUT2D eigenvalue weighted by atomic mass is 32.2. The number of rotatable bonds is 7. The average molecular weight is 426 g/mol. The van der Waals surface area contributed by atoms with Gasteiger partial charge in [-0.25, -0.2) is 27.0 Å². The molecular formula is C18H23N3O5S2. The minimum absolute atomic E-state index is 0.0549. The molecule has 0 aliphatic heterocycles. The second-order valence-corrected chi connectivity index (χ2v) is 10.0. The van der Waals surface area contributed by atoms with Gasteiger partial charge in [-0.1, -0.05) is 25.3 Å². The Bertz CT molecular complexity index is 1030. The van der Waals surface area contributed by atoms with E-state index in [2.05, 4.69) is 9.71 Å². The van der Waals surface area contributed by atoms with Gasteiger partial charge >= 0.3 is 0 Å². The SMILES string of the molecule is NS(=O)(=O)c1cccc(S(=O)(=O)Nc2ncccc2OCC2CCCCC2)c1. The van der Waals surface area contributed by atoms with Crippen molar-refractivity contribution in [3.63, 3.8) is 0 Å². The lowest BCUT2D eigenvalue weighted by Gasteiger charge is -2.22. The van der Waals surface area contributed by atoms with Crippen LogP contribution in [0.25, 0.3) is 0 Å². The highest BCUT2D eigenvalue weighted by Gasteiger charge is 2.21. The lowest BCUT2D eigenvalue weighted by atomic mass is 9.90. The minimum atomic E-state index is -4.07. The van der Waals surface area contributed by atoms with Crippen molar-refractivity contribution >= 4 is 25.9 Å². The summed E-state index contributed by atoms with van der Waals surface area (Å²) in [5.74, 6) is 0.837. The number of benzene rings is 1. The molecule has 1 aliphatic carbocycles. The van der Waals surface area contributed by atoms with Crippen molar-refractivity contribution in [2.75, 3.05) is 11.3 Å². The van der Waals surface area contributed by atoms with Crippen LogP contribution < -0.4 is 14.6 Å². The van der Waals surface area contributed by atoms with Crippen LogP contribution in [0.15, 0.2) is 52.4 Å². The summed E-state index contributed by atoms with van der Waals surface area (Å²) in [6.45, 7) is 0.501. The summed E-state index contributed by atoms with van der Waals surface area (Å²) in [6.07, 6.45) is 7.25. The summed E-state index contributed by atoms with van der Waals surface area (Å²) in [7, 11) is -8.09. The average Bonchev–Trinajstić information content (AvgIpc) is 2.67.